The monoisotopic (exact) mass is 246 g/mol. The quantitative estimate of drug-likeness (QED) is 0.756. The first kappa shape index (κ1) is 10.3. The van der Waals surface area contributed by atoms with Gasteiger partial charge in [0.2, 0.25) is 0 Å². The van der Waals surface area contributed by atoms with Gasteiger partial charge in [-0.1, -0.05) is 29.5 Å². The number of nitrogens with zero attached hydrogens (tertiary/aromatic N) is 1. The molecule has 0 radical (unpaired) electrons. The smallest absolute Gasteiger partial charge is 0.284 e. The van der Waals surface area contributed by atoms with Gasteiger partial charge in [-0.15, -0.1) is 0 Å². The third-order valence-electron chi connectivity index (χ3n) is 2.54. The van der Waals surface area contributed by atoms with E-state index in [0.717, 1.165) is 15.7 Å². The summed E-state index contributed by atoms with van der Waals surface area (Å²) in [6, 6.07) is 7.71. The number of hydrogen-bond donors (Lipinski definition) is 1. The van der Waals surface area contributed by atoms with E-state index in [-0.39, 0.29) is 5.56 Å². The fourth-order valence-corrected chi connectivity index (χ4v) is 2.78. The Morgan fingerprint density at radius 2 is 2.24 bits per heavy atom. The first-order valence-electron chi connectivity index (χ1n) is 5.34. The summed E-state index contributed by atoms with van der Waals surface area (Å²) in [5, 5.41) is 1.98. The Kier molecular flexibility index (Phi) is 2.33. The Morgan fingerprint density at radius 1 is 1.41 bits per heavy atom. The van der Waals surface area contributed by atoms with E-state index in [1.165, 1.54) is 11.3 Å². The predicted octanol–water partition coefficient (Wildman–Crippen LogP) is 2.54. The van der Waals surface area contributed by atoms with Crippen LogP contribution in [0, 0.1) is 0 Å². The van der Waals surface area contributed by atoms with E-state index in [0.29, 0.717) is 17.2 Å². The van der Waals surface area contributed by atoms with Gasteiger partial charge in [-0.2, -0.15) is 4.98 Å². The Labute approximate surface area is 101 Å². The van der Waals surface area contributed by atoms with Crippen LogP contribution in [0.4, 0.5) is 0 Å². The number of ether oxygens (including phenoxy) is 1. The zero-order chi connectivity index (χ0) is 11.8. The highest BCUT2D eigenvalue weighted by Gasteiger charge is 2.11. The van der Waals surface area contributed by atoms with Gasteiger partial charge in [0.15, 0.2) is 0 Å². The lowest BCUT2D eigenvalue weighted by Gasteiger charge is -1.98. The number of aromatic amines is 1. The van der Waals surface area contributed by atoms with Gasteiger partial charge in [0.05, 0.1) is 12.0 Å². The van der Waals surface area contributed by atoms with Crippen molar-refractivity contribution < 1.29 is 4.74 Å². The number of rotatable bonds is 2. The van der Waals surface area contributed by atoms with Crippen LogP contribution >= 0.6 is 11.3 Å². The van der Waals surface area contributed by atoms with Gasteiger partial charge in [0, 0.05) is 10.9 Å². The Hall–Kier alpha value is -1.88. The highest BCUT2D eigenvalue weighted by Crippen LogP contribution is 2.28. The summed E-state index contributed by atoms with van der Waals surface area (Å²) in [5.74, 6) is 0. The first-order valence-corrected chi connectivity index (χ1v) is 6.15. The highest BCUT2D eigenvalue weighted by molar-refractivity contribution is 7.19. The van der Waals surface area contributed by atoms with Gasteiger partial charge in [0.25, 0.3) is 10.8 Å². The fraction of sp³-hybridized carbons (Fsp3) is 0.167. The molecule has 0 spiro atoms. The van der Waals surface area contributed by atoms with Gasteiger partial charge in [-0.05, 0) is 13.0 Å². The van der Waals surface area contributed by atoms with Crippen LogP contribution < -0.4 is 10.3 Å². The molecule has 0 saturated carbocycles. The van der Waals surface area contributed by atoms with Crippen LogP contribution in [0.25, 0.3) is 21.1 Å². The second-order valence-electron chi connectivity index (χ2n) is 3.59. The van der Waals surface area contributed by atoms with E-state index in [2.05, 4.69) is 9.97 Å². The summed E-state index contributed by atoms with van der Waals surface area (Å²) in [6.07, 6.45) is 0. The van der Waals surface area contributed by atoms with Crippen molar-refractivity contribution in [2.75, 3.05) is 6.61 Å². The molecule has 0 aliphatic heterocycles. The molecule has 0 aliphatic carbocycles. The Bertz CT molecular complexity index is 745. The van der Waals surface area contributed by atoms with Crippen molar-refractivity contribution in [1.29, 1.82) is 0 Å². The molecule has 2 heterocycles. The van der Waals surface area contributed by atoms with E-state index in [9.17, 15) is 4.79 Å². The molecular formula is C12H10N2O2S. The van der Waals surface area contributed by atoms with Crippen LogP contribution in [0.3, 0.4) is 0 Å². The SMILES string of the molecule is CCOc1nc(=O)c2c([nH]c3ccccc32)s1. The molecule has 4 nitrogen and oxygen atoms in total. The van der Waals surface area contributed by atoms with E-state index in [4.69, 9.17) is 4.74 Å². The maximum absolute atomic E-state index is 11.9. The maximum Gasteiger partial charge on any atom is 0.284 e. The molecule has 1 aromatic carbocycles. The maximum atomic E-state index is 11.9. The van der Waals surface area contributed by atoms with Gasteiger partial charge < -0.3 is 9.72 Å². The summed E-state index contributed by atoms with van der Waals surface area (Å²) in [4.78, 5) is 19.9. The van der Waals surface area contributed by atoms with Gasteiger partial charge in [0.1, 0.15) is 4.83 Å². The van der Waals surface area contributed by atoms with Gasteiger partial charge in [-0.3, -0.25) is 4.79 Å². The molecule has 0 saturated heterocycles. The molecule has 0 unspecified atom stereocenters. The van der Waals surface area contributed by atoms with Crippen LogP contribution in [0.15, 0.2) is 29.1 Å². The molecule has 17 heavy (non-hydrogen) atoms. The molecule has 2 aromatic heterocycles. The average Bonchev–Trinajstić information content (AvgIpc) is 2.67. The Balaban J connectivity index is 2.40. The van der Waals surface area contributed by atoms with Crippen LogP contribution in [0.5, 0.6) is 5.19 Å². The number of benzene rings is 1. The molecule has 3 aromatic rings. The zero-order valence-electron chi connectivity index (χ0n) is 9.19. The van der Waals surface area contributed by atoms with E-state index in [1.54, 1.807) is 0 Å². The topological polar surface area (TPSA) is 55.0 Å². The number of aromatic nitrogens is 2. The molecule has 86 valence electrons. The third-order valence-corrected chi connectivity index (χ3v) is 3.43. The summed E-state index contributed by atoms with van der Waals surface area (Å²) in [6.45, 7) is 2.38. The number of H-pyrrole nitrogens is 1. The van der Waals surface area contributed by atoms with Crippen LogP contribution in [0.2, 0.25) is 0 Å². The molecule has 0 fully saturated rings. The first-order chi connectivity index (χ1) is 8.29. The normalized spacial score (nSPS) is 11.1. The van der Waals surface area contributed by atoms with Crippen molar-refractivity contribution in [3.05, 3.63) is 34.6 Å². The lowest BCUT2D eigenvalue weighted by atomic mass is 10.2. The lowest BCUT2D eigenvalue weighted by molar-refractivity contribution is 0.337. The van der Waals surface area contributed by atoms with Gasteiger partial charge >= 0.3 is 0 Å². The van der Waals surface area contributed by atoms with Crippen molar-refractivity contribution >= 4 is 32.5 Å². The van der Waals surface area contributed by atoms with Gasteiger partial charge in [-0.25, -0.2) is 0 Å². The summed E-state index contributed by atoms with van der Waals surface area (Å²) in [5.41, 5.74) is 0.714. The second kappa shape index (κ2) is 3.85. The molecule has 1 N–H and O–H groups in total. The predicted molar refractivity (Wildman–Crippen MR) is 68.9 cm³/mol. The molecular weight excluding hydrogens is 236 g/mol. The van der Waals surface area contributed by atoms with Crippen LogP contribution in [0.1, 0.15) is 6.92 Å². The minimum absolute atomic E-state index is 0.236. The van der Waals surface area contributed by atoms with Crippen LogP contribution in [-0.2, 0) is 0 Å². The zero-order valence-corrected chi connectivity index (χ0v) is 10.0. The molecule has 0 atom stereocenters. The highest BCUT2D eigenvalue weighted by atomic mass is 32.1. The minimum Gasteiger partial charge on any atom is -0.470 e. The number of nitrogens with one attached hydrogen (secondary N) is 1. The van der Waals surface area contributed by atoms with E-state index >= 15 is 0 Å². The molecule has 3 rings (SSSR count). The second-order valence-corrected chi connectivity index (χ2v) is 4.55. The summed E-state index contributed by atoms with van der Waals surface area (Å²) < 4.78 is 5.28. The Morgan fingerprint density at radius 3 is 3.06 bits per heavy atom. The lowest BCUT2D eigenvalue weighted by Crippen LogP contribution is -2.06. The fourth-order valence-electron chi connectivity index (χ4n) is 1.84. The van der Waals surface area contributed by atoms with Crippen LogP contribution in [-0.4, -0.2) is 16.6 Å². The molecule has 0 amide bonds. The average molecular weight is 246 g/mol. The van der Waals surface area contributed by atoms with E-state index in [1.807, 2.05) is 31.2 Å². The largest absolute Gasteiger partial charge is 0.470 e. The number of hydrogen-bond acceptors (Lipinski definition) is 4. The van der Waals surface area contributed by atoms with Crippen molar-refractivity contribution in [3.8, 4) is 5.19 Å². The van der Waals surface area contributed by atoms with Crippen molar-refractivity contribution in [2.24, 2.45) is 0 Å². The molecule has 0 bridgehead atoms. The van der Waals surface area contributed by atoms with Crippen molar-refractivity contribution in [1.82, 2.24) is 9.97 Å². The minimum atomic E-state index is -0.236. The van der Waals surface area contributed by atoms with Crippen molar-refractivity contribution in [3.63, 3.8) is 0 Å². The summed E-state index contributed by atoms with van der Waals surface area (Å²) >= 11 is 1.36. The summed E-state index contributed by atoms with van der Waals surface area (Å²) in [7, 11) is 0. The molecule has 0 aliphatic rings. The standard InChI is InChI=1S/C12H10N2O2S/c1-2-16-12-14-10(15)9-7-5-3-4-6-8(7)13-11(9)17-12/h3-6,13H,2H2,1H3. The number of fused-ring (bicyclic) bond motifs is 3. The van der Waals surface area contributed by atoms with Crippen molar-refractivity contribution in [2.45, 2.75) is 6.92 Å². The third kappa shape index (κ3) is 1.59. The number of para-hydroxylation sites is 1. The molecule has 5 heteroatoms. The van der Waals surface area contributed by atoms with E-state index < -0.39 is 0 Å².